The van der Waals surface area contributed by atoms with Gasteiger partial charge in [-0.3, -0.25) is 14.3 Å². The van der Waals surface area contributed by atoms with Gasteiger partial charge in [-0.25, -0.2) is 0 Å². The first-order valence-electron chi connectivity index (χ1n) is 7.46. The second-order valence-electron chi connectivity index (χ2n) is 4.90. The van der Waals surface area contributed by atoms with Crippen LogP contribution in [0.5, 0.6) is 0 Å². The summed E-state index contributed by atoms with van der Waals surface area (Å²) in [6.45, 7) is 1.73. The second-order valence-corrected chi connectivity index (χ2v) is 4.90. The number of halogens is 2. The molecule has 0 aliphatic rings. The zero-order chi connectivity index (χ0) is 17.7. The van der Waals surface area contributed by atoms with Crippen molar-refractivity contribution >= 4 is 17.5 Å². The molecule has 8 nitrogen and oxygen atoms in total. The summed E-state index contributed by atoms with van der Waals surface area (Å²) in [7, 11) is 0. The lowest BCUT2D eigenvalue weighted by atomic mass is 10.3. The van der Waals surface area contributed by atoms with Gasteiger partial charge < -0.3 is 10.6 Å². The molecule has 10 heteroatoms. The molecule has 0 aliphatic heterocycles. The summed E-state index contributed by atoms with van der Waals surface area (Å²) in [5, 5.41) is 12.6. The predicted octanol–water partition coefficient (Wildman–Crippen LogP) is 1.89. The molecule has 0 saturated carbocycles. The molecule has 2 N–H and O–H groups in total. The minimum atomic E-state index is -2.94. The molecule has 130 valence electrons. The SMILES string of the molecule is CCCNC(=O)c1nn(CC)cc1NC(=O)c1ccnn1C(F)F. The van der Waals surface area contributed by atoms with Crippen molar-refractivity contribution in [1.82, 2.24) is 24.9 Å². The molecule has 2 rings (SSSR count). The zero-order valence-electron chi connectivity index (χ0n) is 13.3. The Bertz CT molecular complexity index is 725. The molecule has 0 spiro atoms. The number of rotatable bonds is 7. The molecule has 0 saturated heterocycles. The van der Waals surface area contributed by atoms with Gasteiger partial charge >= 0.3 is 6.55 Å². The van der Waals surface area contributed by atoms with E-state index in [0.717, 1.165) is 12.6 Å². The molecule has 0 bridgehead atoms. The number of aromatic nitrogens is 4. The Hall–Kier alpha value is -2.78. The van der Waals surface area contributed by atoms with Crippen molar-refractivity contribution in [2.24, 2.45) is 0 Å². The Morgan fingerprint density at radius 1 is 1.29 bits per heavy atom. The standard InChI is InChI=1S/C14H18F2N6O2/c1-3-6-17-13(24)11-9(8-21(4-2)20-11)19-12(23)10-5-7-18-22(10)14(15)16/h5,7-8,14H,3-4,6H2,1-2H3,(H,17,24)(H,19,23). The summed E-state index contributed by atoms with van der Waals surface area (Å²) >= 11 is 0. The molecular formula is C14H18F2N6O2. The van der Waals surface area contributed by atoms with E-state index in [2.05, 4.69) is 20.8 Å². The van der Waals surface area contributed by atoms with E-state index in [-0.39, 0.29) is 17.1 Å². The summed E-state index contributed by atoms with van der Waals surface area (Å²) < 4.78 is 27.4. The smallest absolute Gasteiger partial charge is 0.333 e. The zero-order valence-corrected chi connectivity index (χ0v) is 13.3. The van der Waals surface area contributed by atoms with Crippen molar-refractivity contribution in [3.8, 4) is 0 Å². The third-order valence-corrected chi connectivity index (χ3v) is 3.17. The summed E-state index contributed by atoms with van der Waals surface area (Å²) in [5.41, 5.74) is -0.131. The Labute approximate surface area is 136 Å². The third kappa shape index (κ3) is 3.76. The first-order chi connectivity index (χ1) is 11.5. The van der Waals surface area contributed by atoms with Crippen molar-refractivity contribution in [1.29, 1.82) is 0 Å². The Kier molecular flexibility index (Phi) is 5.61. The van der Waals surface area contributed by atoms with Gasteiger partial charge in [0.05, 0.1) is 5.69 Å². The molecular weight excluding hydrogens is 322 g/mol. The molecule has 2 aromatic rings. The molecule has 2 heterocycles. The summed E-state index contributed by atoms with van der Waals surface area (Å²) in [5.74, 6) is -1.24. The van der Waals surface area contributed by atoms with E-state index in [1.54, 1.807) is 0 Å². The van der Waals surface area contributed by atoms with Crippen LogP contribution in [0.4, 0.5) is 14.5 Å². The molecule has 24 heavy (non-hydrogen) atoms. The lowest BCUT2D eigenvalue weighted by Gasteiger charge is -2.07. The molecule has 0 atom stereocenters. The van der Waals surface area contributed by atoms with Crippen molar-refractivity contribution in [3.05, 3.63) is 29.8 Å². The third-order valence-electron chi connectivity index (χ3n) is 3.17. The topological polar surface area (TPSA) is 93.8 Å². The minimum absolute atomic E-state index is 0.0294. The number of nitrogens with one attached hydrogen (secondary N) is 2. The molecule has 0 radical (unpaired) electrons. The van der Waals surface area contributed by atoms with Crippen LogP contribution in [0.2, 0.25) is 0 Å². The van der Waals surface area contributed by atoms with Gasteiger partial charge in [0.1, 0.15) is 5.69 Å². The van der Waals surface area contributed by atoms with E-state index >= 15 is 0 Å². The Morgan fingerprint density at radius 3 is 2.67 bits per heavy atom. The van der Waals surface area contributed by atoms with Crippen molar-refractivity contribution in [2.45, 2.75) is 33.4 Å². The average molecular weight is 340 g/mol. The number of hydrogen-bond acceptors (Lipinski definition) is 4. The van der Waals surface area contributed by atoms with Gasteiger partial charge in [-0.1, -0.05) is 6.92 Å². The van der Waals surface area contributed by atoms with E-state index in [4.69, 9.17) is 0 Å². The van der Waals surface area contributed by atoms with Gasteiger partial charge in [0.25, 0.3) is 11.8 Å². The number of carbonyl (C=O) groups is 2. The lowest BCUT2D eigenvalue weighted by Crippen LogP contribution is -2.26. The van der Waals surface area contributed by atoms with E-state index in [1.807, 2.05) is 13.8 Å². The fraction of sp³-hybridized carbons (Fsp3) is 0.429. The van der Waals surface area contributed by atoms with Gasteiger partial charge in [0.2, 0.25) is 0 Å². The van der Waals surface area contributed by atoms with E-state index in [9.17, 15) is 18.4 Å². The number of alkyl halides is 2. The van der Waals surface area contributed by atoms with E-state index in [1.165, 1.54) is 16.9 Å². The molecule has 2 amide bonds. The van der Waals surface area contributed by atoms with Crippen LogP contribution in [0.1, 0.15) is 47.8 Å². The van der Waals surface area contributed by atoms with Crippen molar-refractivity contribution in [3.63, 3.8) is 0 Å². The predicted molar refractivity (Wildman–Crippen MR) is 82.0 cm³/mol. The summed E-state index contributed by atoms with van der Waals surface area (Å²) in [4.78, 5) is 24.3. The maximum atomic E-state index is 12.8. The molecule has 2 aromatic heterocycles. The van der Waals surface area contributed by atoms with Gasteiger partial charge in [-0.15, -0.1) is 0 Å². The van der Waals surface area contributed by atoms with E-state index < -0.39 is 18.4 Å². The maximum Gasteiger partial charge on any atom is 0.333 e. The lowest BCUT2D eigenvalue weighted by molar-refractivity contribution is 0.0520. The monoisotopic (exact) mass is 340 g/mol. The van der Waals surface area contributed by atoms with Crippen molar-refractivity contribution < 1.29 is 18.4 Å². The highest BCUT2D eigenvalue weighted by molar-refractivity contribution is 6.07. The van der Waals surface area contributed by atoms with Gasteiger partial charge in [0, 0.05) is 25.5 Å². The maximum absolute atomic E-state index is 12.8. The fourth-order valence-electron chi connectivity index (χ4n) is 2.00. The largest absolute Gasteiger partial charge is 0.351 e. The minimum Gasteiger partial charge on any atom is -0.351 e. The highest BCUT2D eigenvalue weighted by Gasteiger charge is 2.22. The van der Waals surface area contributed by atoms with Gasteiger partial charge in [0.15, 0.2) is 5.69 Å². The van der Waals surface area contributed by atoms with E-state index in [0.29, 0.717) is 17.8 Å². The van der Waals surface area contributed by atoms with Gasteiger partial charge in [-0.2, -0.15) is 23.7 Å². The molecule has 0 fully saturated rings. The number of hydrogen-bond donors (Lipinski definition) is 2. The average Bonchev–Trinajstić information content (AvgIpc) is 3.19. The quantitative estimate of drug-likeness (QED) is 0.805. The summed E-state index contributed by atoms with van der Waals surface area (Å²) in [6.07, 6.45) is 3.32. The first-order valence-corrected chi connectivity index (χ1v) is 7.46. The fourth-order valence-corrected chi connectivity index (χ4v) is 2.00. The number of anilines is 1. The van der Waals surface area contributed by atoms with Crippen LogP contribution < -0.4 is 10.6 Å². The number of nitrogens with zero attached hydrogens (tertiary/aromatic N) is 4. The van der Waals surface area contributed by atoms with Gasteiger partial charge in [-0.05, 0) is 19.4 Å². The second kappa shape index (κ2) is 7.66. The Morgan fingerprint density at radius 2 is 2.04 bits per heavy atom. The highest BCUT2D eigenvalue weighted by Crippen LogP contribution is 2.17. The van der Waals surface area contributed by atoms with Crippen LogP contribution in [-0.4, -0.2) is 37.9 Å². The van der Waals surface area contributed by atoms with Crippen LogP contribution in [0, 0.1) is 0 Å². The molecule has 0 unspecified atom stereocenters. The Balaban J connectivity index is 2.25. The van der Waals surface area contributed by atoms with Crippen LogP contribution in [-0.2, 0) is 6.54 Å². The normalized spacial score (nSPS) is 10.9. The van der Waals surface area contributed by atoms with Crippen LogP contribution >= 0.6 is 0 Å². The molecule has 0 aliphatic carbocycles. The molecule has 0 aromatic carbocycles. The van der Waals surface area contributed by atoms with Crippen LogP contribution in [0.25, 0.3) is 0 Å². The number of aryl methyl sites for hydroxylation is 1. The first kappa shape index (κ1) is 17.6. The number of carbonyl (C=O) groups excluding carboxylic acids is 2. The summed E-state index contributed by atoms with van der Waals surface area (Å²) in [6, 6.07) is 1.17. The highest BCUT2D eigenvalue weighted by atomic mass is 19.3. The number of amides is 2. The van der Waals surface area contributed by atoms with Crippen molar-refractivity contribution in [2.75, 3.05) is 11.9 Å². The van der Waals surface area contributed by atoms with Crippen LogP contribution in [0.3, 0.4) is 0 Å². The van der Waals surface area contributed by atoms with Crippen LogP contribution in [0.15, 0.2) is 18.5 Å².